The monoisotopic (exact) mass is 225 g/mol. The summed E-state index contributed by atoms with van der Waals surface area (Å²) in [4.78, 5) is 0. The molecule has 2 nitrogen and oxygen atoms in total. The minimum absolute atomic E-state index is 0.342. The van der Waals surface area contributed by atoms with Gasteiger partial charge < -0.3 is 5.73 Å². The Hall–Kier alpha value is -0.670. The van der Waals surface area contributed by atoms with Crippen molar-refractivity contribution in [3.8, 4) is 0 Å². The largest absolute Gasteiger partial charge is 0.330 e. The lowest BCUT2D eigenvalue weighted by Gasteiger charge is -2.09. The second kappa shape index (κ2) is 6.03. The summed E-state index contributed by atoms with van der Waals surface area (Å²) in [6.07, 6.45) is 0. The van der Waals surface area contributed by atoms with Gasteiger partial charge in [0, 0.05) is 22.3 Å². The highest BCUT2D eigenvalue weighted by Gasteiger charge is 2.07. The summed E-state index contributed by atoms with van der Waals surface area (Å²) in [5.41, 5.74) is 7.90. The van der Waals surface area contributed by atoms with Crippen LogP contribution in [0.2, 0.25) is 0 Å². The number of hydrogen-bond donors (Lipinski definition) is 1. The lowest BCUT2D eigenvalue weighted by molar-refractivity contribution is 0.640. The quantitative estimate of drug-likeness (QED) is 0.831. The lowest BCUT2D eigenvalue weighted by atomic mass is 10.1. The summed E-state index contributed by atoms with van der Waals surface area (Å²) in [5.74, 6) is 1.69. The molecule has 0 amide bonds. The molecule has 3 heteroatoms. The molecule has 1 aromatic carbocycles. The van der Waals surface area contributed by atoms with Crippen molar-refractivity contribution in [1.29, 1.82) is 0 Å². The van der Waals surface area contributed by atoms with E-state index in [2.05, 4.69) is 13.0 Å². The first-order chi connectivity index (χ1) is 7.13. The van der Waals surface area contributed by atoms with Gasteiger partial charge in [-0.15, -0.1) is 0 Å². The molecule has 0 fully saturated rings. The van der Waals surface area contributed by atoms with Gasteiger partial charge in [-0.25, -0.2) is 0 Å². The number of aryl methyl sites for hydroxylation is 1. The van der Waals surface area contributed by atoms with Crippen LogP contribution >= 0.6 is 0 Å². The van der Waals surface area contributed by atoms with Crippen LogP contribution in [0.15, 0.2) is 24.3 Å². The highest BCUT2D eigenvalue weighted by molar-refractivity contribution is 7.84. The molecule has 0 radical (unpaired) electrons. The standard InChI is InChI=1S/C12H19NOS/c1-10(7-13)8-15(14)9-12-6-4-3-5-11(12)2/h3-6,10H,7-9,13H2,1-2H3. The van der Waals surface area contributed by atoms with Crippen LogP contribution in [0.4, 0.5) is 0 Å². The Bertz CT molecular complexity index is 338. The predicted octanol–water partition coefficient (Wildman–Crippen LogP) is 1.84. The number of rotatable bonds is 5. The maximum Gasteiger partial charge on any atom is 0.0488 e. The minimum atomic E-state index is -0.791. The van der Waals surface area contributed by atoms with Crippen molar-refractivity contribution in [2.24, 2.45) is 11.7 Å². The molecule has 0 aromatic heterocycles. The van der Waals surface area contributed by atoms with Crippen LogP contribution in [0, 0.1) is 12.8 Å². The van der Waals surface area contributed by atoms with E-state index in [1.54, 1.807) is 0 Å². The summed E-state index contributed by atoms with van der Waals surface area (Å²) < 4.78 is 11.8. The topological polar surface area (TPSA) is 43.1 Å². The van der Waals surface area contributed by atoms with E-state index in [1.807, 2.05) is 25.1 Å². The van der Waals surface area contributed by atoms with E-state index in [0.29, 0.717) is 24.0 Å². The molecule has 1 aromatic rings. The van der Waals surface area contributed by atoms with E-state index in [4.69, 9.17) is 5.73 Å². The van der Waals surface area contributed by atoms with Gasteiger partial charge in [-0.3, -0.25) is 4.21 Å². The van der Waals surface area contributed by atoms with Gasteiger partial charge in [0.15, 0.2) is 0 Å². The van der Waals surface area contributed by atoms with E-state index < -0.39 is 10.8 Å². The van der Waals surface area contributed by atoms with Crippen LogP contribution < -0.4 is 5.73 Å². The van der Waals surface area contributed by atoms with Crippen molar-refractivity contribution in [3.05, 3.63) is 35.4 Å². The molecule has 0 aliphatic carbocycles. The zero-order valence-corrected chi connectivity index (χ0v) is 10.2. The fraction of sp³-hybridized carbons (Fsp3) is 0.500. The summed E-state index contributed by atoms with van der Waals surface area (Å²) >= 11 is 0. The predicted molar refractivity (Wildman–Crippen MR) is 66.1 cm³/mol. The van der Waals surface area contributed by atoms with E-state index in [9.17, 15) is 4.21 Å². The molecule has 15 heavy (non-hydrogen) atoms. The van der Waals surface area contributed by atoms with Crippen molar-refractivity contribution >= 4 is 10.8 Å². The zero-order chi connectivity index (χ0) is 11.3. The molecule has 84 valence electrons. The summed E-state index contributed by atoms with van der Waals surface area (Å²) in [5, 5.41) is 0. The highest BCUT2D eigenvalue weighted by atomic mass is 32.2. The summed E-state index contributed by atoms with van der Waals surface area (Å²) in [6.45, 7) is 4.70. The Morgan fingerprint density at radius 2 is 2.07 bits per heavy atom. The summed E-state index contributed by atoms with van der Waals surface area (Å²) in [7, 11) is -0.791. The lowest BCUT2D eigenvalue weighted by Crippen LogP contribution is -2.18. The molecule has 2 N–H and O–H groups in total. The first-order valence-corrected chi connectivity index (χ1v) is 6.72. The molecule has 0 heterocycles. The molecular formula is C12H19NOS. The second-order valence-electron chi connectivity index (χ2n) is 4.02. The highest BCUT2D eigenvalue weighted by Crippen LogP contribution is 2.10. The van der Waals surface area contributed by atoms with E-state index in [0.717, 1.165) is 0 Å². The first kappa shape index (κ1) is 12.4. The second-order valence-corrected chi connectivity index (χ2v) is 5.52. The van der Waals surface area contributed by atoms with Crippen LogP contribution in [-0.4, -0.2) is 16.5 Å². The maximum absolute atomic E-state index is 11.8. The molecule has 0 spiro atoms. The molecular weight excluding hydrogens is 206 g/mol. The first-order valence-electron chi connectivity index (χ1n) is 5.23. The summed E-state index contributed by atoms with van der Waals surface area (Å²) in [6, 6.07) is 8.09. The van der Waals surface area contributed by atoms with Crippen LogP contribution in [0.1, 0.15) is 18.1 Å². The maximum atomic E-state index is 11.8. The Balaban J connectivity index is 2.55. The van der Waals surface area contributed by atoms with Crippen LogP contribution in [-0.2, 0) is 16.6 Å². The normalized spacial score (nSPS) is 14.9. The van der Waals surface area contributed by atoms with Gasteiger partial charge in [0.2, 0.25) is 0 Å². The SMILES string of the molecule is Cc1ccccc1CS(=O)CC(C)CN. The van der Waals surface area contributed by atoms with Crippen molar-refractivity contribution in [3.63, 3.8) is 0 Å². The Labute approximate surface area is 94.3 Å². The van der Waals surface area contributed by atoms with Crippen LogP contribution in [0.25, 0.3) is 0 Å². The average Bonchev–Trinajstić information content (AvgIpc) is 2.21. The van der Waals surface area contributed by atoms with Gasteiger partial charge in [-0.1, -0.05) is 31.2 Å². The van der Waals surface area contributed by atoms with E-state index >= 15 is 0 Å². The van der Waals surface area contributed by atoms with Gasteiger partial charge in [0.05, 0.1) is 0 Å². The molecule has 0 bridgehead atoms. The third-order valence-corrected chi connectivity index (χ3v) is 4.02. The minimum Gasteiger partial charge on any atom is -0.330 e. The fourth-order valence-electron chi connectivity index (χ4n) is 1.39. The molecule has 0 saturated carbocycles. The van der Waals surface area contributed by atoms with E-state index in [1.165, 1.54) is 11.1 Å². The zero-order valence-electron chi connectivity index (χ0n) is 9.40. The van der Waals surface area contributed by atoms with Crippen molar-refractivity contribution in [2.45, 2.75) is 19.6 Å². The third-order valence-electron chi connectivity index (χ3n) is 2.45. The van der Waals surface area contributed by atoms with Crippen molar-refractivity contribution in [1.82, 2.24) is 0 Å². The van der Waals surface area contributed by atoms with Gasteiger partial charge in [-0.2, -0.15) is 0 Å². The van der Waals surface area contributed by atoms with Gasteiger partial charge in [-0.05, 0) is 30.5 Å². The van der Waals surface area contributed by atoms with Crippen molar-refractivity contribution in [2.75, 3.05) is 12.3 Å². The average molecular weight is 225 g/mol. The Kier molecular flexibility index (Phi) is 4.99. The van der Waals surface area contributed by atoms with Gasteiger partial charge in [0.25, 0.3) is 0 Å². The Morgan fingerprint density at radius 1 is 1.40 bits per heavy atom. The smallest absolute Gasteiger partial charge is 0.0488 e. The van der Waals surface area contributed by atoms with E-state index in [-0.39, 0.29) is 0 Å². The van der Waals surface area contributed by atoms with Crippen LogP contribution in [0.3, 0.4) is 0 Å². The molecule has 1 rings (SSSR count). The van der Waals surface area contributed by atoms with Crippen molar-refractivity contribution < 1.29 is 4.21 Å². The number of benzene rings is 1. The molecule has 0 saturated heterocycles. The molecule has 0 aliphatic heterocycles. The fourth-order valence-corrected chi connectivity index (χ4v) is 2.95. The number of hydrogen-bond acceptors (Lipinski definition) is 2. The third kappa shape index (κ3) is 4.14. The van der Waals surface area contributed by atoms with Gasteiger partial charge >= 0.3 is 0 Å². The van der Waals surface area contributed by atoms with Crippen LogP contribution in [0.5, 0.6) is 0 Å². The number of nitrogens with two attached hydrogens (primary N) is 1. The molecule has 2 atom stereocenters. The Morgan fingerprint density at radius 3 is 2.67 bits per heavy atom. The van der Waals surface area contributed by atoms with Gasteiger partial charge in [0.1, 0.15) is 0 Å². The molecule has 0 aliphatic rings. The molecule has 2 unspecified atom stereocenters.